The zero-order chi connectivity index (χ0) is 8.55. The normalized spacial score (nSPS) is 32.2. The Morgan fingerprint density at radius 3 is 2.92 bits per heavy atom. The molecule has 3 nitrogen and oxygen atoms in total. The second-order valence-corrected chi connectivity index (χ2v) is 3.75. The lowest BCUT2D eigenvalue weighted by Gasteiger charge is -1.99. The number of carbonyl (C=O) groups excluding carboxylic acids is 1. The van der Waals surface area contributed by atoms with Crippen LogP contribution in [0.3, 0.4) is 0 Å². The van der Waals surface area contributed by atoms with E-state index in [2.05, 4.69) is 5.32 Å². The smallest absolute Gasteiger partial charge is 0.234 e. The Morgan fingerprint density at radius 2 is 2.33 bits per heavy atom. The highest BCUT2D eigenvalue weighted by atomic mass is 16.1. The Kier molecular flexibility index (Phi) is 1.76. The number of amides is 1. The molecule has 0 heterocycles. The Balaban J connectivity index is 1.69. The third-order valence-electron chi connectivity index (χ3n) is 2.65. The molecule has 2 aliphatic rings. The molecule has 1 amide bonds. The third kappa shape index (κ3) is 1.58. The number of nitriles is 1. The van der Waals surface area contributed by atoms with E-state index in [9.17, 15) is 4.79 Å². The Bertz CT molecular complexity index is 239. The lowest BCUT2D eigenvalue weighted by Crippen LogP contribution is -2.26. The summed E-state index contributed by atoms with van der Waals surface area (Å²) < 4.78 is 0. The topological polar surface area (TPSA) is 52.9 Å². The summed E-state index contributed by atoms with van der Waals surface area (Å²) in [6.07, 6.45) is 3.83. The number of hydrogen-bond acceptors (Lipinski definition) is 2. The van der Waals surface area contributed by atoms with E-state index in [1.807, 2.05) is 6.07 Å². The van der Waals surface area contributed by atoms with Gasteiger partial charge in [-0.2, -0.15) is 5.26 Å². The van der Waals surface area contributed by atoms with Gasteiger partial charge in [0.15, 0.2) is 0 Å². The van der Waals surface area contributed by atoms with Crippen LogP contribution in [0.15, 0.2) is 0 Å². The molecule has 12 heavy (non-hydrogen) atoms. The Morgan fingerprint density at radius 1 is 1.58 bits per heavy atom. The highest BCUT2D eigenvalue weighted by Gasteiger charge is 2.47. The minimum absolute atomic E-state index is 0.00782. The van der Waals surface area contributed by atoms with Gasteiger partial charge in [0, 0.05) is 6.04 Å². The van der Waals surface area contributed by atoms with Gasteiger partial charge in [0.25, 0.3) is 0 Å². The standard InChI is InChI=1S/C9H12N2O/c10-4-3-9(12)11-8-5-7(8)6-1-2-6/h6-8H,1-3,5H2,(H,11,12)/t7-,8+/m0/s1. The van der Waals surface area contributed by atoms with Crippen molar-refractivity contribution < 1.29 is 4.79 Å². The maximum atomic E-state index is 10.9. The van der Waals surface area contributed by atoms with E-state index in [-0.39, 0.29) is 12.3 Å². The van der Waals surface area contributed by atoms with Crippen LogP contribution in [0.4, 0.5) is 0 Å². The summed E-state index contributed by atoms with van der Waals surface area (Å²) in [5, 5.41) is 11.1. The van der Waals surface area contributed by atoms with Gasteiger partial charge in [-0.25, -0.2) is 0 Å². The van der Waals surface area contributed by atoms with E-state index >= 15 is 0 Å². The molecule has 0 radical (unpaired) electrons. The van der Waals surface area contributed by atoms with Crippen molar-refractivity contribution in [2.45, 2.75) is 31.7 Å². The van der Waals surface area contributed by atoms with Gasteiger partial charge in [-0.15, -0.1) is 0 Å². The summed E-state index contributed by atoms with van der Waals surface area (Å²) in [5.74, 6) is 1.52. The number of rotatable bonds is 3. The molecular weight excluding hydrogens is 152 g/mol. The zero-order valence-corrected chi connectivity index (χ0v) is 6.92. The van der Waals surface area contributed by atoms with Gasteiger partial charge in [0.05, 0.1) is 6.07 Å². The molecule has 0 saturated heterocycles. The number of nitrogens with one attached hydrogen (secondary N) is 1. The van der Waals surface area contributed by atoms with Crippen LogP contribution in [0.1, 0.15) is 25.7 Å². The second-order valence-electron chi connectivity index (χ2n) is 3.75. The first-order valence-electron chi connectivity index (χ1n) is 4.47. The Labute approximate surface area is 71.8 Å². The van der Waals surface area contributed by atoms with Crippen LogP contribution in [0.2, 0.25) is 0 Å². The molecule has 2 atom stereocenters. The van der Waals surface area contributed by atoms with E-state index < -0.39 is 0 Å². The van der Waals surface area contributed by atoms with E-state index in [0.717, 1.165) is 18.3 Å². The zero-order valence-electron chi connectivity index (χ0n) is 6.92. The summed E-state index contributed by atoms with van der Waals surface area (Å²) >= 11 is 0. The highest BCUT2D eigenvalue weighted by molar-refractivity contribution is 5.78. The van der Waals surface area contributed by atoms with E-state index in [1.54, 1.807) is 0 Å². The van der Waals surface area contributed by atoms with E-state index in [0.29, 0.717) is 6.04 Å². The van der Waals surface area contributed by atoms with Crippen LogP contribution in [0.25, 0.3) is 0 Å². The van der Waals surface area contributed by atoms with Crippen LogP contribution >= 0.6 is 0 Å². The van der Waals surface area contributed by atoms with Crippen LogP contribution in [-0.4, -0.2) is 11.9 Å². The fourth-order valence-corrected chi connectivity index (χ4v) is 1.76. The molecule has 1 N–H and O–H groups in total. The predicted octanol–water partition coefficient (Wildman–Crippen LogP) is 0.815. The first-order chi connectivity index (χ1) is 5.81. The largest absolute Gasteiger partial charge is 0.352 e. The fourth-order valence-electron chi connectivity index (χ4n) is 1.76. The molecule has 0 aromatic heterocycles. The second kappa shape index (κ2) is 2.78. The van der Waals surface area contributed by atoms with Crippen molar-refractivity contribution in [3.8, 4) is 6.07 Å². The molecule has 0 aromatic carbocycles. The SMILES string of the molecule is N#CCC(=O)N[C@@H]1C[C@H]1C1CC1. The van der Waals surface area contributed by atoms with Gasteiger partial charge < -0.3 is 5.32 Å². The first-order valence-corrected chi connectivity index (χ1v) is 4.47. The molecule has 0 aromatic rings. The molecule has 2 fully saturated rings. The third-order valence-corrected chi connectivity index (χ3v) is 2.65. The monoisotopic (exact) mass is 164 g/mol. The van der Waals surface area contributed by atoms with Gasteiger partial charge >= 0.3 is 0 Å². The summed E-state index contributed by atoms with van der Waals surface area (Å²) in [6.45, 7) is 0. The van der Waals surface area contributed by atoms with Crippen LogP contribution < -0.4 is 5.32 Å². The van der Waals surface area contributed by atoms with Gasteiger partial charge in [-0.1, -0.05) is 0 Å². The van der Waals surface area contributed by atoms with Crippen LogP contribution in [-0.2, 0) is 4.79 Å². The summed E-state index contributed by atoms with van der Waals surface area (Å²) in [4.78, 5) is 10.9. The highest BCUT2D eigenvalue weighted by Crippen LogP contribution is 2.49. The first kappa shape index (κ1) is 7.60. The van der Waals surface area contributed by atoms with Crippen molar-refractivity contribution in [1.82, 2.24) is 5.32 Å². The number of carbonyl (C=O) groups is 1. The molecule has 64 valence electrons. The number of nitrogens with zero attached hydrogens (tertiary/aromatic N) is 1. The average Bonchev–Trinajstić information content (AvgIpc) is 2.78. The van der Waals surface area contributed by atoms with E-state index in [1.165, 1.54) is 12.8 Å². The van der Waals surface area contributed by atoms with E-state index in [4.69, 9.17) is 5.26 Å². The summed E-state index contributed by atoms with van der Waals surface area (Å²) in [7, 11) is 0. The maximum absolute atomic E-state index is 10.9. The van der Waals surface area contributed by atoms with Gasteiger partial charge in [0.1, 0.15) is 6.42 Å². The van der Waals surface area contributed by atoms with Gasteiger partial charge in [0.2, 0.25) is 5.91 Å². The van der Waals surface area contributed by atoms with Gasteiger partial charge in [-0.3, -0.25) is 4.79 Å². The van der Waals surface area contributed by atoms with Crippen molar-refractivity contribution >= 4 is 5.91 Å². The fraction of sp³-hybridized carbons (Fsp3) is 0.778. The summed E-state index contributed by atoms with van der Waals surface area (Å²) in [5.41, 5.74) is 0. The van der Waals surface area contributed by atoms with Crippen molar-refractivity contribution in [2.24, 2.45) is 11.8 Å². The molecule has 0 unspecified atom stereocenters. The summed E-state index contributed by atoms with van der Waals surface area (Å²) in [6, 6.07) is 2.25. The molecule has 0 bridgehead atoms. The molecule has 2 aliphatic carbocycles. The maximum Gasteiger partial charge on any atom is 0.234 e. The molecule has 3 heteroatoms. The number of hydrogen-bond donors (Lipinski definition) is 1. The lowest BCUT2D eigenvalue weighted by atomic mass is 10.2. The predicted molar refractivity (Wildman–Crippen MR) is 43.0 cm³/mol. The van der Waals surface area contributed by atoms with Crippen molar-refractivity contribution in [2.75, 3.05) is 0 Å². The Hall–Kier alpha value is -1.04. The minimum atomic E-state index is -0.106. The molecule has 0 spiro atoms. The van der Waals surface area contributed by atoms with Crippen LogP contribution in [0.5, 0.6) is 0 Å². The lowest BCUT2D eigenvalue weighted by molar-refractivity contribution is -0.120. The molecule has 2 saturated carbocycles. The van der Waals surface area contributed by atoms with Crippen LogP contribution in [0, 0.1) is 23.2 Å². The van der Waals surface area contributed by atoms with Crippen molar-refractivity contribution in [3.05, 3.63) is 0 Å². The average molecular weight is 164 g/mol. The molecule has 0 aliphatic heterocycles. The molecule has 2 rings (SSSR count). The van der Waals surface area contributed by atoms with Crippen molar-refractivity contribution in [1.29, 1.82) is 5.26 Å². The minimum Gasteiger partial charge on any atom is -0.352 e. The quantitative estimate of drug-likeness (QED) is 0.671. The molecular formula is C9H12N2O. The van der Waals surface area contributed by atoms with Gasteiger partial charge in [-0.05, 0) is 31.1 Å². The van der Waals surface area contributed by atoms with Crippen molar-refractivity contribution in [3.63, 3.8) is 0 Å².